The van der Waals surface area contributed by atoms with Crippen LogP contribution in [0.5, 0.6) is 11.5 Å². The Balaban J connectivity index is 2.30. The van der Waals surface area contributed by atoms with E-state index in [-0.39, 0.29) is 0 Å². The summed E-state index contributed by atoms with van der Waals surface area (Å²) in [6, 6.07) is 8.48. The van der Waals surface area contributed by atoms with Gasteiger partial charge in [-0.25, -0.2) is 0 Å². The first-order valence-electron chi connectivity index (χ1n) is 6.21. The molecule has 1 aromatic rings. The Bertz CT molecular complexity index is 311. The summed E-state index contributed by atoms with van der Waals surface area (Å²) in [6.45, 7) is 8.35. The highest BCUT2D eigenvalue weighted by Gasteiger charge is 2.03. The summed E-state index contributed by atoms with van der Waals surface area (Å²) in [4.78, 5) is 2.39. The van der Waals surface area contributed by atoms with Gasteiger partial charge in [-0.15, -0.1) is 0 Å². The van der Waals surface area contributed by atoms with Gasteiger partial charge in [0, 0.05) is 6.54 Å². The first-order valence-corrected chi connectivity index (χ1v) is 6.21. The molecule has 17 heavy (non-hydrogen) atoms. The van der Waals surface area contributed by atoms with E-state index in [0.717, 1.165) is 44.2 Å². The minimum Gasteiger partial charge on any atom is -0.493 e. The summed E-state index contributed by atoms with van der Waals surface area (Å²) in [6.07, 6.45) is 1.03. The van der Waals surface area contributed by atoms with E-state index < -0.39 is 0 Å². The zero-order valence-corrected chi connectivity index (χ0v) is 11.0. The van der Waals surface area contributed by atoms with Gasteiger partial charge in [-0.2, -0.15) is 0 Å². The Morgan fingerprint density at radius 3 is 2.65 bits per heavy atom. The van der Waals surface area contributed by atoms with E-state index in [1.807, 2.05) is 12.1 Å². The smallest absolute Gasteiger partial charge is 0.161 e. The van der Waals surface area contributed by atoms with Gasteiger partial charge >= 0.3 is 0 Å². The van der Waals surface area contributed by atoms with Gasteiger partial charge in [-0.3, -0.25) is 0 Å². The highest BCUT2D eigenvalue weighted by atomic mass is 16.5. The van der Waals surface area contributed by atoms with Crippen LogP contribution in [0, 0.1) is 6.07 Å². The highest BCUT2D eigenvalue weighted by molar-refractivity contribution is 5.38. The zero-order chi connectivity index (χ0) is 12.5. The third-order valence-corrected chi connectivity index (χ3v) is 2.78. The van der Waals surface area contributed by atoms with Gasteiger partial charge in [0.1, 0.15) is 0 Å². The second-order valence-electron chi connectivity index (χ2n) is 3.81. The van der Waals surface area contributed by atoms with Gasteiger partial charge in [-0.05, 0) is 37.7 Å². The highest BCUT2D eigenvalue weighted by Crippen LogP contribution is 2.25. The molecule has 1 radical (unpaired) electrons. The fourth-order valence-electron chi connectivity index (χ4n) is 1.69. The number of rotatable bonds is 8. The summed E-state index contributed by atoms with van der Waals surface area (Å²) < 4.78 is 10.9. The van der Waals surface area contributed by atoms with Crippen LogP contribution in [0.15, 0.2) is 18.2 Å². The van der Waals surface area contributed by atoms with Crippen LogP contribution in [0.1, 0.15) is 20.3 Å². The molecule has 0 aromatic heterocycles. The summed E-state index contributed by atoms with van der Waals surface area (Å²) in [7, 11) is 1.64. The van der Waals surface area contributed by atoms with Crippen molar-refractivity contribution in [3.05, 3.63) is 24.3 Å². The molecule has 0 atom stereocenters. The Labute approximate surface area is 104 Å². The first kappa shape index (κ1) is 13.8. The maximum atomic E-state index is 5.70. The van der Waals surface area contributed by atoms with Gasteiger partial charge in [0.05, 0.1) is 13.7 Å². The molecule has 3 nitrogen and oxygen atoms in total. The van der Waals surface area contributed by atoms with Crippen molar-refractivity contribution in [3.63, 3.8) is 0 Å². The first-order chi connectivity index (χ1) is 8.31. The molecular formula is C14H22NO2. The molecule has 0 aliphatic heterocycles. The molecule has 3 heteroatoms. The average Bonchev–Trinajstić information content (AvgIpc) is 2.39. The molecule has 0 amide bonds. The van der Waals surface area contributed by atoms with E-state index in [4.69, 9.17) is 9.47 Å². The van der Waals surface area contributed by atoms with Crippen molar-refractivity contribution in [2.24, 2.45) is 0 Å². The van der Waals surface area contributed by atoms with Crippen molar-refractivity contribution in [2.45, 2.75) is 20.3 Å². The molecule has 0 saturated carbocycles. The summed E-state index contributed by atoms with van der Waals surface area (Å²) in [5.41, 5.74) is 0. The molecule has 0 N–H and O–H groups in total. The minimum atomic E-state index is 0.719. The van der Waals surface area contributed by atoms with Gasteiger partial charge in [0.15, 0.2) is 11.5 Å². The number of hydrogen-bond donors (Lipinski definition) is 0. The minimum absolute atomic E-state index is 0.719. The quantitative estimate of drug-likeness (QED) is 0.648. The van der Waals surface area contributed by atoms with Crippen LogP contribution in [-0.4, -0.2) is 38.3 Å². The lowest BCUT2D eigenvalue weighted by molar-refractivity contribution is 0.242. The normalized spacial score (nSPS) is 10.6. The monoisotopic (exact) mass is 236 g/mol. The van der Waals surface area contributed by atoms with Crippen LogP contribution in [0.2, 0.25) is 0 Å². The number of nitrogens with zero attached hydrogens (tertiary/aromatic N) is 1. The molecule has 1 rings (SSSR count). The van der Waals surface area contributed by atoms with Crippen LogP contribution in [0.3, 0.4) is 0 Å². The van der Waals surface area contributed by atoms with Gasteiger partial charge in [0.25, 0.3) is 0 Å². The van der Waals surface area contributed by atoms with E-state index >= 15 is 0 Å². The lowest BCUT2D eigenvalue weighted by Gasteiger charge is -2.18. The lowest BCUT2D eigenvalue weighted by atomic mass is 10.3. The number of hydrogen-bond acceptors (Lipinski definition) is 3. The molecule has 0 spiro atoms. The predicted molar refractivity (Wildman–Crippen MR) is 69.7 cm³/mol. The van der Waals surface area contributed by atoms with Crippen LogP contribution in [0.25, 0.3) is 0 Å². The summed E-state index contributed by atoms with van der Waals surface area (Å²) in [5, 5.41) is 0. The molecule has 0 fully saturated rings. The Morgan fingerprint density at radius 1 is 1.24 bits per heavy atom. The fraction of sp³-hybridized carbons (Fsp3) is 0.571. The maximum absolute atomic E-state index is 5.70. The number of methoxy groups -OCH3 is 1. The second kappa shape index (κ2) is 7.96. The molecule has 95 valence electrons. The van der Waals surface area contributed by atoms with Crippen LogP contribution in [-0.2, 0) is 0 Å². The van der Waals surface area contributed by atoms with Gasteiger partial charge < -0.3 is 14.4 Å². The third-order valence-electron chi connectivity index (χ3n) is 2.78. The van der Waals surface area contributed by atoms with E-state index in [1.54, 1.807) is 13.2 Å². The molecule has 0 unspecified atom stereocenters. The van der Waals surface area contributed by atoms with Crippen LogP contribution in [0.4, 0.5) is 0 Å². The summed E-state index contributed by atoms with van der Waals surface area (Å²) >= 11 is 0. The second-order valence-corrected chi connectivity index (χ2v) is 3.81. The molecule has 0 heterocycles. The fourth-order valence-corrected chi connectivity index (χ4v) is 1.69. The molecule has 0 bridgehead atoms. The zero-order valence-electron chi connectivity index (χ0n) is 11.0. The number of benzene rings is 1. The van der Waals surface area contributed by atoms with Crippen LogP contribution < -0.4 is 9.47 Å². The molecule has 1 aromatic carbocycles. The maximum Gasteiger partial charge on any atom is 0.161 e. The number of ether oxygens (including phenoxy) is 2. The van der Waals surface area contributed by atoms with Crippen molar-refractivity contribution in [1.82, 2.24) is 4.90 Å². The lowest BCUT2D eigenvalue weighted by Crippen LogP contribution is -2.25. The Morgan fingerprint density at radius 2 is 2.00 bits per heavy atom. The van der Waals surface area contributed by atoms with Crippen LogP contribution >= 0.6 is 0 Å². The SMILES string of the molecule is CCN(CC)CCCOc1cc[c]cc1OC. The third kappa shape index (κ3) is 4.65. The topological polar surface area (TPSA) is 21.7 Å². The Kier molecular flexibility index (Phi) is 6.48. The van der Waals surface area contributed by atoms with E-state index in [2.05, 4.69) is 24.8 Å². The van der Waals surface area contributed by atoms with Crippen molar-refractivity contribution < 1.29 is 9.47 Å². The molecule has 0 saturated heterocycles. The molecule has 0 aliphatic rings. The van der Waals surface area contributed by atoms with Gasteiger partial charge in [0.2, 0.25) is 0 Å². The molecular weight excluding hydrogens is 214 g/mol. The Hall–Kier alpha value is -1.22. The average molecular weight is 236 g/mol. The van der Waals surface area contributed by atoms with E-state index in [0.29, 0.717) is 0 Å². The van der Waals surface area contributed by atoms with E-state index in [1.165, 1.54) is 0 Å². The largest absolute Gasteiger partial charge is 0.493 e. The van der Waals surface area contributed by atoms with Crippen molar-refractivity contribution in [3.8, 4) is 11.5 Å². The van der Waals surface area contributed by atoms with E-state index in [9.17, 15) is 0 Å². The molecule has 0 aliphatic carbocycles. The van der Waals surface area contributed by atoms with Gasteiger partial charge in [-0.1, -0.05) is 19.9 Å². The summed E-state index contributed by atoms with van der Waals surface area (Å²) in [5.74, 6) is 1.54. The standard InChI is InChI=1S/C14H22NO2/c1-4-15(5-2)11-8-12-17-14-10-7-6-9-13(14)16-3/h7,9-10H,4-5,8,11-12H2,1-3H3. The van der Waals surface area contributed by atoms with Crippen molar-refractivity contribution in [1.29, 1.82) is 0 Å². The van der Waals surface area contributed by atoms with Crippen molar-refractivity contribution in [2.75, 3.05) is 33.4 Å². The predicted octanol–water partition coefficient (Wildman–Crippen LogP) is 2.61. The van der Waals surface area contributed by atoms with Crippen molar-refractivity contribution >= 4 is 0 Å².